The zero-order valence-electron chi connectivity index (χ0n) is 16.4. The van der Waals surface area contributed by atoms with Gasteiger partial charge < -0.3 is 10.0 Å². The largest absolute Gasteiger partial charge is 0.387 e. The normalized spacial score (nSPS) is 16.3. The number of hydrogen-bond donors (Lipinski definition) is 1. The van der Waals surface area contributed by atoms with Crippen molar-refractivity contribution in [1.29, 1.82) is 0 Å². The van der Waals surface area contributed by atoms with Crippen LogP contribution >= 0.6 is 15.9 Å². The van der Waals surface area contributed by atoms with Gasteiger partial charge in [0.1, 0.15) is 0 Å². The molecule has 6 nitrogen and oxygen atoms in total. The quantitative estimate of drug-likeness (QED) is 0.648. The molecule has 1 N–H and O–H groups in total. The van der Waals surface area contributed by atoms with E-state index in [1.54, 1.807) is 23.0 Å². The molecular formula is C22H23BrN4O2. The number of fused-ring (bicyclic) bond motifs is 1. The lowest BCUT2D eigenvalue weighted by atomic mass is 9.95. The molecule has 0 bridgehead atoms. The van der Waals surface area contributed by atoms with Crippen LogP contribution < -0.4 is 10.5 Å². The highest BCUT2D eigenvalue weighted by molar-refractivity contribution is 9.10. The molecular weight excluding hydrogens is 432 g/mol. The van der Waals surface area contributed by atoms with Crippen molar-refractivity contribution in [2.24, 2.45) is 0 Å². The van der Waals surface area contributed by atoms with Gasteiger partial charge >= 0.3 is 0 Å². The van der Waals surface area contributed by atoms with Crippen molar-refractivity contribution >= 4 is 21.9 Å². The molecule has 0 amide bonds. The Bertz CT molecular complexity index is 1080. The number of aromatic nitrogens is 3. The minimum absolute atomic E-state index is 0.0840. The lowest BCUT2D eigenvalue weighted by Gasteiger charge is -2.45. The molecule has 0 fully saturated rings. The van der Waals surface area contributed by atoms with E-state index in [9.17, 15) is 9.90 Å². The lowest BCUT2D eigenvalue weighted by Crippen LogP contribution is -2.53. The summed E-state index contributed by atoms with van der Waals surface area (Å²) in [5.41, 5.74) is 1.95. The van der Waals surface area contributed by atoms with Gasteiger partial charge in [-0.25, -0.2) is 4.98 Å². The van der Waals surface area contributed by atoms with Gasteiger partial charge in [-0.3, -0.25) is 14.3 Å². The third-order valence-electron chi connectivity index (χ3n) is 5.47. The maximum atomic E-state index is 12.8. The van der Waals surface area contributed by atoms with Gasteiger partial charge in [-0.15, -0.1) is 0 Å². The maximum absolute atomic E-state index is 12.8. The standard InChI is InChI=1S/C22H23BrN4O2/c1-22(2)8-11-26-20(29)13-18(15-6-9-24-10-7-15)25-21(26)27(22)14-19(28)16-4-3-5-17(23)12-16/h3-7,9-10,12-13,19,28H,8,11,14H2,1-2H3/t19-/m1/s1. The first-order valence-electron chi connectivity index (χ1n) is 9.59. The summed E-state index contributed by atoms with van der Waals surface area (Å²) in [4.78, 5) is 23.7. The fourth-order valence-corrected chi connectivity index (χ4v) is 4.11. The molecule has 7 heteroatoms. The Kier molecular flexibility index (Phi) is 5.27. The Hall–Kier alpha value is -2.51. The molecule has 3 heterocycles. The van der Waals surface area contributed by atoms with E-state index in [-0.39, 0.29) is 11.1 Å². The Morgan fingerprint density at radius 1 is 1.21 bits per heavy atom. The van der Waals surface area contributed by atoms with Crippen LogP contribution in [0.25, 0.3) is 11.3 Å². The number of aliphatic hydroxyl groups is 1. The highest BCUT2D eigenvalue weighted by atomic mass is 79.9. The molecule has 0 unspecified atom stereocenters. The fraction of sp³-hybridized carbons (Fsp3) is 0.318. The third kappa shape index (κ3) is 3.97. The SMILES string of the molecule is CC1(C)CCn2c(nc(-c3ccncc3)cc2=O)N1C[C@@H](O)c1cccc(Br)c1. The highest BCUT2D eigenvalue weighted by Gasteiger charge is 2.36. The average Bonchev–Trinajstić information content (AvgIpc) is 2.70. The first-order chi connectivity index (χ1) is 13.8. The summed E-state index contributed by atoms with van der Waals surface area (Å²) >= 11 is 3.46. The number of nitrogens with zero attached hydrogens (tertiary/aromatic N) is 4. The molecule has 2 aromatic heterocycles. The molecule has 0 saturated heterocycles. The van der Waals surface area contributed by atoms with Crippen LogP contribution in [0, 0.1) is 0 Å². The highest BCUT2D eigenvalue weighted by Crippen LogP contribution is 2.33. The number of anilines is 1. The third-order valence-corrected chi connectivity index (χ3v) is 5.97. The molecule has 1 aliphatic heterocycles. The van der Waals surface area contributed by atoms with Gasteiger partial charge in [0.2, 0.25) is 5.95 Å². The average molecular weight is 455 g/mol. The van der Waals surface area contributed by atoms with Crippen LogP contribution in [-0.2, 0) is 6.54 Å². The van der Waals surface area contributed by atoms with E-state index < -0.39 is 6.10 Å². The number of β-amino-alcohol motifs (C(OH)–C–C–N with tert-alkyl or cyclic N) is 1. The second kappa shape index (κ2) is 7.72. The van der Waals surface area contributed by atoms with Gasteiger partial charge in [0.25, 0.3) is 5.56 Å². The van der Waals surface area contributed by atoms with Crippen LogP contribution in [0.2, 0.25) is 0 Å². The van der Waals surface area contributed by atoms with E-state index in [0.717, 1.165) is 22.0 Å². The molecule has 0 radical (unpaired) electrons. The monoisotopic (exact) mass is 454 g/mol. The van der Waals surface area contributed by atoms with Gasteiger partial charge in [0.05, 0.1) is 18.3 Å². The summed E-state index contributed by atoms with van der Waals surface area (Å²) < 4.78 is 2.62. The molecule has 0 saturated carbocycles. The van der Waals surface area contributed by atoms with Crippen molar-refractivity contribution in [3.8, 4) is 11.3 Å². The first kappa shape index (κ1) is 19.8. The summed E-state index contributed by atoms with van der Waals surface area (Å²) in [5, 5.41) is 10.9. The summed E-state index contributed by atoms with van der Waals surface area (Å²) in [6, 6.07) is 12.9. The van der Waals surface area contributed by atoms with Crippen LogP contribution in [-0.4, -0.2) is 31.7 Å². The molecule has 150 valence electrons. The van der Waals surface area contributed by atoms with Crippen LogP contribution in [0.4, 0.5) is 5.95 Å². The Balaban J connectivity index is 1.76. The smallest absolute Gasteiger partial charge is 0.255 e. The minimum Gasteiger partial charge on any atom is -0.387 e. The van der Waals surface area contributed by atoms with Gasteiger partial charge in [0, 0.05) is 40.6 Å². The van der Waals surface area contributed by atoms with Crippen molar-refractivity contribution in [3.05, 3.63) is 75.2 Å². The topological polar surface area (TPSA) is 71.2 Å². The number of pyridine rings is 1. The van der Waals surface area contributed by atoms with Crippen molar-refractivity contribution in [1.82, 2.24) is 14.5 Å². The van der Waals surface area contributed by atoms with Gasteiger partial charge in [-0.05, 0) is 50.1 Å². The number of halogens is 1. The summed E-state index contributed by atoms with van der Waals surface area (Å²) in [6.07, 6.45) is 3.46. The molecule has 0 spiro atoms. The van der Waals surface area contributed by atoms with E-state index >= 15 is 0 Å². The van der Waals surface area contributed by atoms with E-state index in [4.69, 9.17) is 4.98 Å². The summed E-state index contributed by atoms with van der Waals surface area (Å²) in [5.74, 6) is 0.592. The molecule has 29 heavy (non-hydrogen) atoms. The van der Waals surface area contributed by atoms with Gasteiger partial charge in [0.15, 0.2) is 0 Å². The second-order valence-electron chi connectivity index (χ2n) is 7.91. The van der Waals surface area contributed by atoms with Crippen LogP contribution in [0.5, 0.6) is 0 Å². The lowest BCUT2D eigenvalue weighted by molar-refractivity contribution is 0.168. The molecule has 0 aliphatic carbocycles. The van der Waals surface area contributed by atoms with Crippen molar-refractivity contribution in [2.75, 3.05) is 11.4 Å². The van der Waals surface area contributed by atoms with Crippen LogP contribution in [0.15, 0.2) is 64.1 Å². The minimum atomic E-state index is -0.709. The van der Waals surface area contributed by atoms with Gasteiger partial charge in [-0.1, -0.05) is 28.1 Å². The Morgan fingerprint density at radius 2 is 1.97 bits per heavy atom. The predicted octanol–water partition coefficient (Wildman–Crippen LogP) is 3.79. The molecule has 3 aromatic rings. The number of aliphatic hydroxyl groups excluding tert-OH is 1. The molecule has 1 aromatic carbocycles. The second-order valence-corrected chi connectivity index (χ2v) is 8.83. The zero-order chi connectivity index (χ0) is 20.6. The fourth-order valence-electron chi connectivity index (χ4n) is 3.69. The Morgan fingerprint density at radius 3 is 2.69 bits per heavy atom. The maximum Gasteiger partial charge on any atom is 0.255 e. The van der Waals surface area contributed by atoms with Crippen LogP contribution in [0.3, 0.4) is 0 Å². The summed E-state index contributed by atoms with van der Waals surface area (Å²) in [7, 11) is 0. The first-order valence-corrected chi connectivity index (χ1v) is 10.4. The molecule has 1 atom stereocenters. The molecule has 1 aliphatic rings. The number of hydrogen-bond acceptors (Lipinski definition) is 5. The van der Waals surface area contributed by atoms with Crippen molar-refractivity contribution < 1.29 is 5.11 Å². The molecule has 4 rings (SSSR count). The number of rotatable bonds is 4. The van der Waals surface area contributed by atoms with E-state index in [2.05, 4.69) is 34.8 Å². The van der Waals surface area contributed by atoms with E-state index in [0.29, 0.717) is 24.7 Å². The zero-order valence-corrected chi connectivity index (χ0v) is 18.0. The van der Waals surface area contributed by atoms with Gasteiger partial charge in [-0.2, -0.15) is 0 Å². The van der Waals surface area contributed by atoms with Crippen LogP contribution in [0.1, 0.15) is 31.9 Å². The van der Waals surface area contributed by atoms with E-state index in [1.807, 2.05) is 41.3 Å². The number of benzene rings is 1. The van der Waals surface area contributed by atoms with E-state index in [1.165, 1.54) is 0 Å². The predicted molar refractivity (Wildman–Crippen MR) is 117 cm³/mol. The summed E-state index contributed by atoms with van der Waals surface area (Å²) in [6.45, 7) is 5.19. The van der Waals surface area contributed by atoms with Crippen molar-refractivity contribution in [3.63, 3.8) is 0 Å². The van der Waals surface area contributed by atoms with Crippen molar-refractivity contribution in [2.45, 2.75) is 38.5 Å². The Labute approximate surface area is 178 Å².